The summed E-state index contributed by atoms with van der Waals surface area (Å²) in [5.74, 6) is 2.97. The number of esters is 1. The predicted molar refractivity (Wildman–Crippen MR) is 112 cm³/mol. The minimum Gasteiger partial charge on any atom is -0.493 e. The fraction of sp³-hybridized carbons (Fsp3) is 0.667. The molecule has 0 saturated heterocycles. The Morgan fingerprint density at radius 2 is 1.74 bits per heavy atom. The second-order valence-electron chi connectivity index (χ2n) is 9.85. The quantitative estimate of drug-likeness (QED) is 0.699. The van der Waals surface area contributed by atoms with Gasteiger partial charge in [0.2, 0.25) is 5.75 Å². The molecule has 0 unspecified atom stereocenters. The molecule has 1 aromatic carbocycles. The van der Waals surface area contributed by atoms with Crippen LogP contribution in [-0.4, -0.2) is 44.8 Å². The first-order chi connectivity index (χ1) is 15.0. The Bertz CT molecular complexity index is 829. The molecule has 0 spiro atoms. The number of carbonyl (C=O) groups excluding carboxylic acids is 2. The summed E-state index contributed by atoms with van der Waals surface area (Å²) in [6.07, 6.45) is 7.77. The van der Waals surface area contributed by atoms with Gasteiger partial charge in [0.15, 0.2) is 18.1 Å². The molecule has 5 aliphatic rings. The van der Waals surface area contributed by atoms with Crippen LogP contribution in [0.5, 0.6) is 17.2 Å². The Morgan fingerprint density at radius 1 is 1.10 bits per heavy atom. The van der Waals surface area contributed by atoms with Crippen molar-refractivity contribution in [2.24, 2.45) is 23.2 Å². The first-order valence-electron chi connectivity index (χ1n) is 11.4. The van der Waals surface area contributed by atoms with Gasteiger partial charge in [0.25, 0.3) is 5.91 Å². The van der Waals surface area contributed by atoms with E-state index >= 15 is 0 Å². The highest BCUT2D eigenvalue weighted by molar-refractivity contribution is 5.93. The maximum atomic E-state index is 12.6. The molecule has 0 aromatic heterocycles. The van der Waals surface area contributed by atoms with Crippen molar-refractivity contribution >= 4 is 11.9 Å². The first kappa shape index (κ1) is 20.5. The second kappa shape index (κ2) is 7.92. The van der Waals surface area contributed by atoms with E-state index in [0.717, 1.165) is 17.8 Å². The first-order valence-corrected chi connectivity index (χ1v) is 11.4. The topological polar surface area (TPSA) is 83.1 Å². The van der Waals surface area contributed by atoms with Gasteiger partial charge < -0.3 is 24.3 Å². The number of carbonyl (C=O) groups is 2. The van der Waals surface area contributed by atoms with Crippen LogP contribution in [0.15, 0.2) is 12.1 Å². The molecule has 7 heteroatoms. The van der Waals surface area contributed by atoms with Crippen LogP contribution in [0.25, 0.3) is 0 Å². The lowest BCUT2D eigenvalue weighted by Gasteiger charge is -2.59. The third kappa shape index (κ3) is 3.83. The van der Waals surface area contributed by atoms with Crippen molar-refractivity contribution in [3.63, 3.8) is 0 Å². The highest BCUT2D eigenvalue weighted by Crippen LogP contribution is 2.61. The van der Waals surface area contributed by atoms with Crippen LogP contribution in [0.1, 0.15) is 55.8 Å². The van der Waals surface area contributed by atoms with Crippen LogP contribution in [0.2, 0.25) is 0 Å². The summed E-state index contributed by atoms with van der Waals surface area (Å²) in [6.45, 7) is 2.65. The molecular weight excluding hydrogens is 398 g/mol. The molecule has 4 saturated carbocycles. The van der Waals surface area contributed by atoms with Gasteiger partial charge in [0.1, 0.15) is 13.2 Å². The number of hydrogen-bond donors (Lipinski definition) is 1. The van der Waals surface area contributed by atoms with Crippen molar-refractivity contribution in [2.75, 3.05) is 26.9 Å². The summed E-state index contributed by atoms with van der Waals surface area (Å²) in [6, 6.07) is 3.21. The summed E-state index contributed by atoms with van der Waals surface area (Å²) < 4.78 is 21.7. The van der Waals surface area contributed by atoms with Gasteiger partial charge in [0, 0.05) is 6.04 Å². The van der Waals surface area contributed by atoms with Crippen LogP contribution in [0, 0.1) is 23.2 Å². The van der Waals surface area contributed by atoms with E-state index in [9.17, 15) is 9.59 Å². The minimum atomic E-state index is -0.590. The molecule has 7 nitrogen and oxygen atoms in total. The average molecular weight is 430 g/mol. The van der Waals surface area contributed by atoms with E-state index in [4.69, 9.17) is 18.9 Å². The maximum Gasteiger partial charge on any atom is 0.338 e. The monoisotopic (exact) mass is 429 g/mol. The normalized spacial score (nSPS) is 31.1. The van der Waals surface area contributed by atoms with E-state index in [2.05, 4.69) is 12.2 Å². The fourth-order valence-corrected chi connectivity index (χ4v) is 6.75. The molecule has 4 aliphatic carbocycles. The van der Waals surface area contributed by atoms with E-state index in [1.807, 2.05) is 0 Å². The third-order valence-corrected chi connectivity index (χ3v) is 7.78. The molecule has 0 radical (unpaired) electrons. The lowest BCUT2D eigenvalue weighted by Crippen LogP contribution is -2.56. The van der Waals surface area contributed by atoms with Crippen molar-refractivity contribution in [3.8, 4) is 17.2 Å². The van der Waals surface area contributed by atoms with Gasteiger partial charge >= 0.3 is 5.97 Å². The SMILES string of the molecule is COc1cc(C(=O)OCC(=O)N[C@@H](C)C23CC4CC(CC(C4)C2)C3)cc2c1OCCO2. The second-order valence-corrected chi connectivity index (χ2v) is 9.85. The zero-order valence-electron chi connectivity index (χ0n) is 18.3. The predicted octanol–water partition coefficient (Wildman–Crippen LogP) is 3.34. The Hall–Kier alpha value is -2.44. The summed E-state index contributed by atoms with van der Waals surface area (Å²) in [7, 11) is 1.50. The van der Waals surface area contributed by atoms with E-state index in [-0.39, 0.29) is 29.5 Å². The molecule has 1 amide bonds. The Balaban J connectivity index is 1.19. The molecule has 4 bridgehead atoms. The largest absolute Gasteiger partial charge is 0.493 e. The molecule has 1 aromatic rings. The van der Waals surface area contributed by atoms with Crippen molar-refractivity contribution in [1.82, 2.24) is 5.32 Å². The van der Waals surface area contributed by atoms with Gasteiger partial charge in [0.05, 0.1) is 12.7 Å². The summed E-state index contributed by atoms with van der Waals surface area (Å²) in [5.41, 5.74) is 0.487. The van der Waals surface area contributed by atoms with Crippen LogP contribution in [-0.2, 0) is 9.53 Å². The summed E-state index contributed by atoms with van der Waals surface area (Å²) in [4.78, 5) is 25.1. The lowest BCUT2D eigenvalue weighted by molar-refractivity contribution is -0.128. The molecular formula is C24H31NO6. The third-order valence-electron chi connectivity index (χ3n) is 7.78. The zero-order valence-corrected chi connectivity index (χ0v) is 18.3. The van der Waals surface area contributed by atoms with Crippen molar-refractivity contribution in [1.29, 1.82) is 0 Å². The van der Waals surface area contributed by atoms with Gasteiger partial charge in [-0.15, -0.1) is 0 Å². The number of benzene rings is 1. The van der Waals surface area contributed by atoms with Crippen LogP contribution < -0.4 is 19.5 Å². The van der Waals surface area contributed by atoms with Crippen LogP contribution in [0.3, 0.4) is 0 Å². The summed E-state index contributed by atoms with van der Waals surface area (Å²) >= 11 is 0. The van der Waals surface area contributed by atoms with Gasteiger partial charge in [-0.1, -0.05) is 0 Å². The number of amides is 1. The number of fused-ring (bicyclic) bond motifs is 1. The van der Waals surface area contributed by atoms with E-state index in [0.29, 0.717) is 30.5 Å². The molecule has 1 atom stereocenters. The van der Waals surface area contributed by atoms with E-state index in [1.165, 1.54) is 45.6 Å². The molecule has 1 aliphatic heterocycles. The fourth-order valence-electron chi connectivity index (χ4n) is 6.75. The molecule has 168 valence electrons. The van der Waals surface area contributed by atoms with Gasteiger partial charge in [-0.3, -0.25) is 4.79 Å². The Labute approximate surface area is 182 Å². The molecule has 1 N–H and O–H groups in total. The molecule has 31 heavy (non-hydrogen) atoms. The Kier molecular flexibility index (Phi) is 5.22. The smallest absolute Gasteiger partial charge is 0.338 e. The molecule has 4 fully saturated rings. The Morgan fingerprint density at radius 3 is 2.39 bits per heavy atom. The summed E-state index contributed by atoms with van der Waals surface area (Å²) in [5, 5.41) is 3.13. The molecule has 6 rings (SSSR count). The van der Waals surface area contributed by atoms with Crippen LogP contribution in [0.4, 0.5) is 0 Å². The zero-order chi connectivity index (χ0) is 21.6. The van der Waals surface area contributed by atoms with Crippen molar-refractivity contribution in [2.45, 2.75) is 51.5 Å². The van der Waals surface area contributed by atoms with E-state index < -0.39 is 5.97 Å². The van der Waals surface area contributed by atoms with E-state index in [1.54, 1.807) is 12.1 Å². The van der Waals surface area contributed by atoms with Crippen LogP contribution >= 0.6 is 0 Å². The molecule has 1 heterocycles. The number of rotatable bonds is 6. The highest BCUT2D eigenvalue weighted by Gasteiger charge is 2.53. The van der Waals surface area contributed by atoms with Gasteiger partial charge in [-0.05, 0) is 80.8 Å². The van der Waals surface area contributed by atoms with Crippen molar-refractivity contribution in [3.05, 3.63) is 17.7 Å². The standard InChI is InChI=1S/C24H31NO6/c1-14(24-10-15-5-16(11-24)7-17(6-15)12-24)25-21(26)13-31-23(27)18-8-19(28-2)22-20(9-18)29-3-4-30-22/h8-9,14-17H,3-7,10-13H2,1-2H3,(H,25,26)/t14-,15?,16?,17?,24?/m0/s1. The number of methoxy groups -OCH3 is 1. The average Bonchev–Trinajstić information content (AvgIpc) is 2.75. The van der Waals surface area contributed by atoms with Crippen molar-refractivity contribution < 1.29 is 28.5 Å². The van der Waals surface area contributed by atoms with Gasteiger partial charge in [-0.25, -0.2) is 4.79 Å². The number of hydrogen-bond acceptors (Lipinski definition) is 6. The lowest BCUT2D eigenvalue weighted by atomic mass is 9.48. The highest BCUT2D eigenvalue weighted by atomic mass is 16.6. The van der Waals surface area contributed by atoms with Gasteiger partial charge in [-0.2, -0.15) is 0 Å². The number of nitrogens with one attached hydrogen (secondary N) is 1. The number of ether oxygens (including phenoxy) is 4. The minimum absolute atomic E-state index is 0.0986. The maximum absolute atomic E-state index is 12.6.